The van der Waals surface area contributed by atoms with Gasteiger partial charge in [0.25, 0.3) is 0 Å². The zero-order chi connectivity index (χ0) is 24.1. The van der Waals surface area contributed by atoms with Crippen LogP contribution >= 0.6 is 0 Å². The van der Waals surface area contributed by atoms with Crippen molar-refractivity contribution in [3.63, 3.8) is 0 Å². The molecule has 4 rings (SSSR count). The third-order valence-electron chi connectivity index (χ3n) is 6.94. The normalized spacial score (nSPS) is 16.1. The molecule has 1 heterocycles. The second-order valence-electron chi connectivity index (χ2n) is 9.29. The van der Waals surface area contributed by atoms with Crippen molar-refractivity contribution in [2.24, 2.45) is 5.92 Å². The molecule has 0 bridgehead atoms. The molecule has 2 aromatic carbocycles. The lowest BCUT2D eigenvalue weighted by Crippen LogP contribution is -2.53. The van der Waals surface area contributed by atoms with Crippen LogP contribution in [0.4, 0.5) is 0 Å². The number of amides is 1. The Morgan fingerprint density at radius 3 is 2.68 bits per heavy atom. The minimum Gasteiger partial charge on any atom is -0.496 e. The first-order valence-corrected chi connectivity index (χ1v) is 12.2. The van der Waals surface area contributed by atoms with Gasteiger partial charge in [0.05, 0.1) is 20.1 Å². The molecule has 2 aliphatic rings. The Morgan fingerprint density at radius 2 is 1.94 bits per heavy atom. The van der Waals surface area contributed by atoms with Crippen LogP contribution in [-0.2, 0) is 29.1 Å². The fourth-order valence-electron chi connectivity index (χ4n) is 4.93. The Kier molecular flexibility index (Phi) is 7.91. The topological polar surface area (TPSA) is 60.0 Å². The summed E-state index contributed by atoms with van der Waals surface area (Å²) in [4.78, 5) is 18.9. The lowest BCUT2D eigenvalue weighted by Gasteiger charge is -2.39. The predicted octanol–water partition coefficient (Wildman–Crippen LogP) is 4.56. The van der Waals surface area contributed by atoms with Gasteiger partial charge in [0.2, 0.25) is 5.91 Å². The molecule has 34 heavy (non-hydrogen) atoms. The van der Waals surface area contributed by atoms with E-state index in [0.29, 0.717) is 6.61 Å². The Balaban J connectivity index is 1.37. The first-order valence-electron chi connectivity index (χ1n) is 12.2. The van der Waals surface area contributed by atoms with Crippen LogP contribution in [0.2, 0.25) is 0 Å². The molecule has 1 aliphatic carbocycles. The van der Waals surface area contributed by atoms with Crippen LogP contribution in [0, 0.1) is 5.92 Å². The molecule has 0 saturated carbocycles. The van der Waals surface area contributed by atoms with Crippen LogP contribution in [-0.4, -0.2) is 44.7 Å². The highest BCUT2D eigenvalue weighted by Gasteiger charge is 2.33. The SMILES string of the molecule is CCCc1ccc(COc2ccc3c(c2)CCC(CN2CC(C(=O)NOC)C2)=C3C)c(OC)c1. The number of methoxy groups -OCH3 is 1. The van der Waals surface area contributed by atoms with Gasteiger partial charge in [-0.05, 0) is 66.6 Å². The van der Waals surface area contributed by atoms with Crippen LogP contribution in [0.5, 0.6) is 11.5 Å². The molecule has 0 spiro atoms. The van der Waals surface area contributed by atoms with Gasteiger partial charge >= 0.3 is 0 Å². The van der Waals surface area contributed by atoms with E-state index in [1.165, 1.54) is 34.9 Å². The lowest BCUT2D eigenvalue weighted by atomic mass is 9.85. The third-order valence-corrected chi connectivity index (χ3v) is 6.94. The second kappa shape index (κ2) is 11.1. The van der Waals surface area contributed by atoms with E-state index in [4.69, 9.17) is 14.3 Å². The smallest absolute Gasteiger partial charge is 0.249 e. The van der Waals surface area contributed by atoms with Crippen molar-refractivity contribution in [2.75, 3.05) is 33.9 Å². The molecule has 1 saturated heterocycles. The minimum absolute atomic E-state index is 0.0258. The molecule has 0 aromatic heterocycles. The molecule has 1 amide bonds. The van der Waals surface area contributed by atoms with Gasteiger partial charge in [-0.2, -0.15) is 0 Å². The van der Waals surface area contributed by atoms with E-state index in [9.17, 15) is 4.79 Å². The van der Waals surface area contributed by atoms with E-state index < -0.39 is 0 Å². The van der Waals surface area contributed by atoms with Crippen molar-refractivity contribution in [3.8, 4) is 11.5 Å². The first-order chi connectivity index (χ1) is 16.5. The van der Waals surface area contributed by atoms with Crippen LogP contribution < -0.4 is 15.0 Å². The second-order valence-corrected chi connectivity index (χ2v) is 9.29. The Labute approximate surface area is 202 Å². The predicted molar refractivity (Wildman–Crippen MR) is 134 cm³/mol. The number of rotatable bonds is 10. The highest BCUT2D eigenvalue weighted by Crippen LogP contribution is 2.35. The van der Waals surface area contributed by atoms with Crippen LogP contribution in [0.3, 0.4) is 0 Å². The van der Waals surface area contributed by atoms with E-state index in [2.05, 4.69) is 60.6 Å². The Morgan fingerprint density at radius 1 is 1.12 bits per heavy atom. The maximum absolute atomic E-state index is 11.9. The summed E-state index contributed by atoms with van der Waals surface area (Å²) in [6, 6.07) is 12.8. The standard InChI is InChI=1S/C28H36N2O4/c1-5-6-20-7-8-23(27(13-20)32-3)18-34-25-11-12-26-19(2)22(10-9-21(26)14-25)15-30-16-24(17-30)28(31)29-33-4/h7-8,11-14,24H,5-6,9-10,15-18H2,1-4H3,(H,29,31). The van der Waals surface area contributed by atoms with Crippen molar-refractivity contribution >= 4 is 11.5 Å². The van der Waals surface area contributed by atoms with Gasteiger partial charge in [-0.15, -0.1) is 0 Å². The largest absolute Gasteiger partial charge is 0.496 e. The van der Waals surface area contributed by atoms with Gasteiger partial charge in [-0.3, -0.25) is 14.5 Å². The molecule has 1 fully saturated rings. The number of allylic oxidation sites excluding steroid dienone is 1. The summed E-state index contributed by atoms with van der Waals surface area (Å²) >= 11 is 0. The van der Waals surface area contributed by atoms with E-state index in [1.807, 2.05) is 0 Å². The number of likely N-dealkylation sites (tertiary alicyclic amines) is 1. The molecule has 1 N–H and O–H groups in total. The Bertz CT molecular complexity index is 1060. The molecular weight excluding hydrogens is 428 g/mol. The van der Waals surface area contributed by atoms with Gasteiger partial charge in [0.1, 0.15) is 18.1 Å². The molecule has 6 heteroatoms. The first kappa shape index (κ1) is 24.3. The number of benzene rings is 2. The molecule has 2 aromatic rings. The summed E-state index contributed by atoms with van der Waals surface area (Å²) in [5.74, 6) is 1.78. The van der Waals surface area contributed by atoms with E-state index in [-0.39, 0.29) is 11.8 Å². The molecule has 6 nitrogen and oxygen atoms in total. The number of carbonyl (C=O) groups is 1. The number of hydrogen-bond acceptors (Lipinski definition) is 5. The minimum atomic E-state index is -0.0273. The molecule has 0 atom stereocenters. The third kappa shape index (κ3) is 5.45. The van der Waals surface area contributed by atoms with E-state index in [1.54, 1.807) is 7.11 Å². The van der Waals surface area contributed by atoms with Crippen LogP contribution in [0.15, 0.2) is 42.0 Å². The highest BCUT2D eigenvalue weighted by atomic mass is 16.6. The monoisotopic (exact) mass is 464 g/mol. The number of hydroxylamine groups is 1. The van der Waals surface area contributed by atoms with Gasteiger partial charge in [-0.1, -0.05) is 37.1 Å². The van der Waals surface area contributed by atoms with Crippen molar-refractivity contribution in [3.05, 3.63) is 64.2 Å². The van der Waals surface area contributed by atoms with Crippen molar-refractivity contribution in [2.45, 2.75) is 46.1 Å². The number of hydrogen-bond donors (Lipinski definition) is 1. The van der Waals surface area contributed by atoms with E-state index >= 15 is 0 Å². The number of nitrogens with zero attached hydrogens (tertiary/aromatic N) is 1. The zero-order valence-electron chi connectivity index (χ0n) is 20.8. The average molecular weight is 465 g/mol. The maximum atomic E-state index is 11.9. The quantitative estimate of drug-likeness (QED) is 0.523. The molecule has 0 radical (unpaired) electrons. The molecular formula is C28H36N2O4. The van der Waals surface area contributed by atoms with Gasteiger partial charge in [-0.25, -0.2) is 5.48 Å². The average Bonchev–Trinajstić information content (AvgIpc) is 2.81. The summed E-state index contributed by atoms with van der Waals surface area (Å²) in [6.45, 7) is 7.38. The van der Waals surface area contributed by atoms with Crippen LogP contribution in [0.25, 0.3) is 5.57 Å². The fraction of sp³-hybridized carbons (Fsp3) is 0.464. The number of fused-ring (bicyclic) bond motifs is 1. The highest BCUT2D eigenvalue weighted by molar-refractivity contribution is 5.79. The fourth-order valence-corrected chi connectivity index (χ4v) is 4.93. The Hall–Kier alpha value is -2.83. The summed E-state index contributed by atoms with van der Waals surface area (Å²) in [6.07, 6.45) is 4.22. The van der Waals surface area contributed by atoms with Gasteiger partial charge < -0.3 is 9.47 Å². The summed E-state index contributed by atoms with van der Waals surface area (Å²) in [7, 11) is 3.19. The summed E-state index contributed by atoms with van der Waals surface area (Å²) in [5, 5.41) is 0. The molecule has 1 aliphatic heterocycles. The van der Waals surface area contributed by atoms with Crippen molar-refractivity contribution < 1.29 is 19.1 Å². The van der Waals surface area contributed by atoms with E-state index in [0.717, 1.165) is 62.4 Å². The maximum Gasteiger partial charge on any atom is 0.249 e. The lowest BCUT2D eigenvalue weighted by molar-refractivity contribution is -0.140. The van der Waals surface area contributed by atoms with Gasteiger partial charge in [0, 0.05) is 25.2 Å². The summed E-state index contributed by atoms with van der Waals surface area (Å²) in [5.41, 5.74) is 10.3. The molecule has 182 valence electrons. The van der Waals surface area contributed by atoms with Crippen LogP contribution in [0.1, 0.15) is 48.9 Å². The molecule has 0 unspecified atom stereocenters. The number of carbonyl (C=O) groups excluding carboxylic acids is 1. The number of aryl methyl sites for hydroxylation is 2. The van der Waals surface area contributed by atoms with Crippen molar-refractivity contribution in [1.29, 1.82) is 0 Å². The number of nitrogens with one attached hydrogen (secondary N) is 1. The zero-order valence-corrected chi connectivity index (χ0v) is 20.8. The number of ether oxygens (including phenoxy) is 2. The van der Waals surface area contributed by atoms with Gasteiger partial charge in [0.15, 0.2) is 0 Å². The van der Waals surface area contributed by atoms with Crippen molar-refractivity contribution in [1.82, 2.24) is 10.4 Å². The summed E-state index contributed by atoms with van der Waals surface area (Å²) < 4.78 is 11.8.